The van der Waals surface area contributed by atoms with E-state index in [1.807, 2.05) is 29.5 Å². The summed E-state index contributed by atoms with van der Waals surface area (Å²) >= 11 is 0. The Labute approximate surface area is 80.8 Å². The Kier molecular flexibility index (Phi) is 1.96. The SMILES string of the molecule is Cc1cccc2c(CC(=O)O)ncn12. The first-order chi connectivity index (χ1) is 6.68. The molecule has 0 radical (unpaired) electrons. The van der Waals surface area contributed by atoms with Crippen LogP contribution >= 0.6 is 0 Å². The van der Waals surface area contributed by atoms with Gasteiger partial charge in [0.1, 0.15) is 0 Å². The third-order valence-corrected chi connectivity index (χ3v) is 2.17. The summed E-state index contributed by atoms with van der Waals surface area (Å²) in [5, 5.41) is 8.66. The van der Waals surface area contributed by atoms with Crippen LogP contribution in [0.2, 0.25) is 0 Å². The number of carboxylic acids is 1. The van der Waals surface area contributed by atoms with Crippen LogP contribution in [0.5, 0.6) is 0 Å². The number of carboxylic acid groups (broad SMARTS) is 1. The van der Waals surface area contributed by atoms with Gasteiger partial charge >= 0.3 is 5.97 Å². The van der Waals surface area contributed by atoms with E-state index in [0.29, 0.717) is 5.69 Å². The molecular weight excluding hydrogens is 180 g/mol. The third-order valence-electron chi connectivity index (χ3n) is 2.17. The molecular formula is C10H10N2O2. The number of hydrogen-bond donors (Lipinski definition) is 1. The summed E-state index contributed by atoms with van der Waals surface area (Å²) in [6.07, 6.45) is 1.63. The number of hydrogen-bond acceptors (Lipinski definition) is 2. The number of pyridine rings is 1. The highest BCUT2D eigenvalue weighted by atomic mass is 16.4. The zero-order chi connectivity index (χ0) is 10.1. The minimum atomic E-state index is -0.855. The van der Waals surface area contributed by atoms with E-state index < -0.39 is 5.97 Å². The minimum absolute atomic E-state index is 0.0278. The highest BCUT2D eigenvalue weighted by Crippen LogP contribution is 2.12. The number of aliphatic carboxylic acids is 1. The van der Waals surface area contributed by atoms with Crippen LogP contribution in [0.15, 0.2) is 24.5 Å². The second-order valence-corrected chi connectivity index (χ2v) is 3.18. The van der Waals surface area contributed by atoms with Crippen LogP contribution in [0.3, 0.4) is 0 Å². The summed E-state index contributed by atoms with van der Waals surface area (Å²) in [7, 11) is 0. The van der Waals surface area contributed by atoms with Gasteiger partial charge in [0.15, 0.2) is 0 Å². The van der Waals surface area contributed by atoms with Crippen molar-refractivity contribution in [1.29, 1.82) is 0 Å². The molecule has 1 N–H and O–H groups in total. The van der Waals surface area contributed by atoms with Gasteiger partial charge in [-0.15, -0.1) is 0 Å². The normalized spacial score (nSPS) is 10.6. The highest BCUT2D eigenvalue weighted by molar-refractivity contribution is 5.73. The molecule has 72 valence electrons. The molecule has 14 heavy (non-hydrogen) atoms. The van der Waals surface area contributed by atoms with E-state index in [9.17, 15) is 4.79 Å². The number of fused-ring (bicyclic) bond motifs is 1. The predicted octanol–water partition coefficient (Wildman–Crippen LogP) is 1.27. The van der Waals surface area contributed by atoms with Crippen molar-refractivity contribution in [3.05, 3.63) is 35.9 Å². The second-order valence-electron chi connectivity index (χ2n) is 3.18. The van der Waals surface area contributed by atoms with Crippen molar-refractivity contribution in [2.45, 2.75) is 13.3 Å². The summed E-state index contributed by atoms with van der Waals surface area (Å²) < 4.78 is 1.89. The van der Waals surface area contributed by atoms with Crippen molar-refractivity contribution in [3.63, 3.8) is 0 Å². The van der Waals surface area contributed by atoms with Gasteiger partial charge in [-0.1, -0.05) is 6.07 Å². The van der Waals surface area contributed by atoms with Crippen molar-refractivity contribution in [2.24, 2.45) is 0 Å². The Hall–Kier alpha value is -1.84. The molecule has 2 heterocycles. The number of carbonyl (C=O) groups is 1. The quantitative estimate of drug-likeness (QED) is 0.775. The lowest BCUT2D eigenvalue weighted by atomic mass is 10.2. The van der Waals surface area contributed by atoms with Crippen LogP contribution in [0.4, 0.5) is 0 Å². The molecule has 0 aliphatic heterocycles. The smallest absolute Gasteiger partial charge is 0.309 e. The van der Waals surface area contributed by atoms with Gasteiger partial charge < -0.3 is 9.51 Å². The van der Waals surface area contributed by atoms with E-state index in [1.165, 1.54) is 0 Å². The van der Waals surface area contributed by atoms with Crippen LogP contribution in [-0.4, -0.2) is 20.5 Å². The lowest BCUT2D eigenvalue weighted by Crippen LogP contribution is -2.00. The van der Waals surface area contributed by atoms with Crippen molar-refractivity contribution < 1.29 is 9.90 Å². The lowest BCUT2D eigenvalue weighted by Gasteiger charge is -1.98. The van der Waals surface area contributed by atoms with Crippen LogP contribution in [0.1, 0.15) is 11.4 Å². The van der Waals surface area contributed by atoms with Crippen LogP contribution in [0.25, 0.3) is 5.52 Å². The third kappa shape index (κ3) is 1.35. The van der Waals surface area contributed by atoms with Gasteiger partial charge in [-0.05, 0) is 19.1 Å². The molecule has 0 bridgehead atoms. The first-order valence-corrected chi connectivity index (χ1v) is 4.32. The van der Waals surface area contributed by atoms with E-state index in [2.05, 4.69) is 4.98 Å². The lowest BCUT2D eigenvalue weighted by molar-refractivity contribution is -0.136. The molecule has 2 aromatic heterocycles. The Bertz CT molecular complexity index is 488. The van der Waals surface area contributed by atoms with Gasteiger partial charge in [0.05, 0.1) is 24.0 Å². The van der Waals surface area contributed by atoms with Gasteiger partial charge in [-0.3, -0.25) is 4.79 Å². The molecule has 0 atom stereocenters. The van der Waals surface area contributed by atoms with Crippen LogP contribution in [0, 0.1) is 6.92 Å². The summed E-state index contributed by atoms with van der Waals surface area (Å²) in [6, 6.07) is 5.73. The van der Waals surface area contributed by atoms with Crippen molar-refractivity contribution in [2.75, 3.05) is 0 Å². The van der Waals surface area contributed by atoms with Crippen molar-refractivity contribution in [3.8, 4) is 0 Å². The average Bonchev–Trinajstić information content (AvgIpc) is 2.49. The minimum Gasteiger partial charge on any atom is -0.481 e. The number of imidazole rings is 1. The van der Waals surface area contributed by atoms with Gasteiger partial charge in [0, 0.05) is 5.69 Å². The maximum Gasteiger partial charge on any atom is 0.309 e. The molecule has 0 saturated heterocycles. The zero-order valence-electron chi connectivity index (χ0n) is 7.77. The maximum atomic E-state index is 10.5. The number of rotatable bonds is 2. The molecule has 4 nitrogen and oxygen atoms in total. The molecule has 0 fully saturated rings. The van der Waals surface area contributed by atoms with Gasteiger partial charge in [0.25, 0.3) is 0 Å². The van der Waals surface area contributed by atoms with Crippen LogP contribution < -0.4 is 0 Å². The van der Waals surface area contributed by atoms with E-state index in [0.717, 1.165) is 11.2 Å². The van der Waals surface area contributed by atoms with Crippen molar-refractivity contribution in [1.82, 2.24) is 9.38 Å². The summed E-state index contributed by atoms with van der Waals surface area (Å²) in [5.74, 6) is -0.855. The summed E-state index contributed by atoms with van der Waals surface area (Å²) in [5.41, 5.74) is 2.53. The standard InChI is InChI=1S/C10H10N2O2/c1-7-3-2-4-9-8(5-10(13)14)11-6-12(7)9/h2-4,6H,5H2,1H3,(H,13,14). The van der Waals surface area contributed by atoms with Gasteiger partial charge in [-0.2, -0.15) is 0 Å². The zero-order valence-corrected chi connectivity index (χ0v) is 7.77. The molecule has 2 rings (SSSR count). The average molecular weight is 190 g/mol. The molecule has 0 amide bonds. The Balaban J connectivity index is 2.58. The number of aryl methyl sites for hydroxylation is 1. The van der Waals surface area contributed by atoms with E-state index in [1.54, 1.807) is 6.33 Å². The summed E-state index contributed by atoms with van der Waals surface area (Å²) in [6.45, 7) is 1.96. The van der Waals surface area contributed by atoms with Gasteiger partial charge in [-0.25, -0.2) is 4.98 Å². The first kappa shape index (κ1) is 8.74. The number of aromatic nitrogens is 2. The molecule has 0 saturated carbocycles. The predicted molar refractivity (Wildman–Crippen MR) is 51.3 cm³/mol. The molecule has 2 aromatic rings. The molecule has 0 unspecified atom stereocenters. The molecule has 0 aliphatic carbocycles. The molecule has 0 aliphatic rings. The van der Waals surface area contributed by atoms with E-state index >= 15 is 0 Å². The fourth-order valence-corrected chi connectivity index (χ4v) is 1.49. The monoisotopic (exact) mass is 190 g/mol. The topological polar surface area (TPSA) is 54.6 Å². The second kappa shape index (κ2) is 3.14. The number of nitrogens with zero attached hydrogens (tertiary/aromatic N) is 2. The Morgan fingerprint density at radius 2 is 2.36 bits per heavy atom. The fraction of sp³-hybridized carbons (Fsp3) is 0.200. The largest absolute Gasteiger partial charge is 0.481 e. The molecule has 0 aromatic carbocycles. The van der Waals surface area contributed by atoms with E-state index in [-0.39, 0.29) is 6.42 Å². The maximum absolute atomic E-state index is 10.5. The summed E-state index contributed by atoms with van der Waals surface area (Å²) in [4.78, 5) is 14.6. The highest BCUT2D eigenvalue weighted by Gasteiger charge is 2.08. The van der Waals surface area contributed by atoms with Gasteiger partial charge in [0.2, 0.25) is 0 Å². The molecule has 0 spiro atoms. The van der Waals surface area contributed by atoms with Crippen molar-refractivity contribution >= 4 is 11.5 Å². The Morgan fingerprint density at radius 1 is 1.57 bits per heavy atom. The Morgan fingerprint density at radius 3 is 3.07 bits per heavy atom. The fourth-order valence-electron chi connectivity index (χ4n) is 1.49. The van der Waals surface area contributed by atoms with E-state index in [4.69, 9.17) is 5.11 Å². The first-order valence-electron chi connectivity index (χ1n) is 4.32. The molecule has 4 heteroatoms. The van der Waals surface area contributed by atoms with Crippen LogP contribution in [-0.2, 0) is 11.2 Å².